The minimum Gasteiger partial charge on any atom is -0.378 e. The van der Waals surface area contributed by atoms with E-state index in [9.17, 15) is 18.0 Å². The van der Waals surface area contributed by atoms with Crippen LogP contribution in [0.4, 0.5) is 24.5 Å². The van der Waals surface area contributed by atoms with E-state index in [0.29, 0.717) is 33.9 Å². The molecule has 0 saturated heterocycles. The number of carbonyl (C=O) groups is 1. The molecule has 0 aliphatic heterocycles. The summed E-state index contributed by atoms with van der Waals surface area (Å²) in [7, 11) is 0. The van der Waals surface area contributed by atoms with E-state index in [2.05, 4.69) is 20.8 Å². The Hall–Kier alpha value is -2.72. The largest absolute Gasteiger partial charge is 0.416 e. The van der Waals surface area contributed by atoms with Crippen molar-refractivity contribution in [2.75, 3.05) is 16.4 Å². The lowest BCUT2D eigenvalue weighted by atomic mass is 10.2. The number of rotatable bonds is 8. The number of hydrogen-bond donors (Lipinski definition) is 2. The summed E-state index contributed by atoms with van der Waals surface area (Å²) in [6, 6.07) is 10.2. The number of benzene rings is 2. The van der Waals surface area contributed by atoms with E-state index >= 15 is 0 Å². The van der Waals surface area contributed by atoms with Crippen LogP contribution in [0.25, 0.3) is 0 Å². The van der Waals surface area contributed by atoms with Crippen LogP contribution in [0.15, 0.2) is 47.6 Å². The van der Waals surface area contributed by atoms with Gasteiger partial charge >= 0.3 is 6.18 Å². The quantitative estimate of drug-likeness (QED) is 0.407. The molecule has 0 bridgehead atoms. The molecule has 0 radical (unpaired) electrons. The summed E-state index contributed by atoms with van der Waals surface area (Å²) < 4.78 is 40.5. The first kappa shape index (κ1) is 23.9. The topological polar surface area (TPSA) is 71.8 Å². The highest BCUT2D eigenvalue weighted by molar-refractivity contribution is 7.99. The number of aromatic nitrogens is 3. The van der Waals surface area contributed by atoms with Crippen LogP contribution < -0.4 is 10.6 Å². The van der Waals surface area contributed by atoms with Crippen LogP contribution in [-0.2, 0) is 24.1 Å². The molecule has 3 rings (SSSR count). The summed E-state index contributed by atoms with van der Waals surface area (Å²) >= 11 is 7.30. The molecule has 170 valence electrons. The summed E-state index contributed by atoms with van der Waals surface area (Å²) in [5.74, 6) is 0.457. The summed E-state index contributed by atoms with van der Waals surface area (Å²) in [6.45, 7) is 4.46. The average molecular weight is 484 g/mol. The molecule has 0 spiro atoms. The number of alkyl halides is 3. The molecule has 32 heavy (non-hydrogen) atoms. The fraction of sp³-hybridized carbons (Fsp3) is 0.286. The van der Waals surface area contributed by atoms with E-state index in [-0.39, 0.29) is 18.2 Å². The molecular weight excluding hydrogens is 463 g/mol. The van der Waals surface area contributed by atoms with Gasteiger partial charge < -0.3 is 15.2 Å². The van der Waals surface area contributed by atoms with Crippen LogP contribution in [0.2, 0.25) is 5.02 Å². The molecule has 0 aliphatic rings. The Bertz CT molecular complexity index is 1100. The van der Waals surface area contributed by atoms with Gasteiger partial charge in [0.05, 0.1) is 17.9 Å². The van der Waals surface area contributed by atoms with Gasteiger partial charge in [0.15, 0.2) is 11.0 Å². The molecule has 0 unspecified atom stereocenters. The number of carbonyl (C=O) groups excluding carboxylic acids is 1. The Labute approximate surface area is 192 Å². The van der Waals surface area contributed by atoms with Crippen LogP contribution in [0, 0.1) is 6.92 Å². The number of nitrogens with zero attached hydrogens (tertiary/aromatic N) is 3. The number of halogens is 4. The van der Waals surface area contributed by atoms with Crippen LogP contribution in [0.1, 0.15) is 23.9 Å². The Morgan fingerprint density at radius 3 is 2.66 bits per heavy atom. The third kappa shape index (κ3) is 5.95. The normalized spacial score (nSPS) is 11.4. The number of amides is 1. The van der Waals surface area contributed by atoms with Gasteiger partial charge in [-0.05, 0) is 49.7 Å². The zero-order valence-electron chi connectivity index (χ0n) is 17.3. The summed E-state index contributed by atoms with van der Waals surface area (Å²) in [4.78, 5) is 12.3. The van der Waals surface area contributed by atoms with E-state index in [1.54, 1.807) is 24.3 Å². The third-order valence-corrected chi connectivity index (χ3v) is 6.00. The van der Waals surface area contributed by atoms with Gasteiger partial charge in [-0.25, -0.2) is 0 Å². The monoisotopic (exact) mass is 483 g/mol. The van der Waals surface area contributed by atoms with E-state index in [0.717, 1.165) is 17.7 Å². The second-order valence-corrected chi connectivity index (χ2v) is 8.17. The zero-order chi connectivity index (χ0) is 23.3. The second-order valence-electron chi connectivity index (χ2n) is 6.82. The fourth-order valence-electron chi connectivity index (χ4n) is 2.92. The maximum Gasteiger partial charge on any atom is 0.416 e. The molecule has 2 aromatic carbocycles. The number of thioether (sulfide) groups is 1. The summed E-state index contributed by atoms with van der Waals surface area (Å²) in [5.41, 5.74) is 1.03. The molecule has 1 aromatic heterocycles. The highest BCUT2D eigenvalue weighted by Crippen LogP contribution is 2.31. The Morgan fingerprint density at radius 1 is 1.19 bits per heavy atom. The van der Waals surface area contributed by atoms with Gasteiger partial charge in [-0.2, -0.15) is 13.2 Å². The Balaban J connectivity index is 1.61. The molecule has 6 nitrogen and oxygen atoms in total. The van der Waals surface area contributed by atoms with E-state index in [1.165, 1.54) is 17.8 Å². The predicted octanol–water partition coefficient (Wildman–Crippen LogP) is 5.62. The fourth-order valence-corrected chi connectivity index (χ4v) is 3.92. The Kier molecular flexibility index (Phi) is 7.68. The first-order valence-corrected chi connectivity index (χ1v) is 11.1. The highest BCUT2D eigenvalue weighted by atomic mass is 35.5. The van der Waals surface area contributed by atoms with Crippen molar-refractivity contribution in [3.05, 3.63) is 64.4 Å². The lowest BCUT2D eigenvalue weighted by molar-refractivity contribution is -0.137. The van der Waals surface area contributed by atoms with E-state index in [1.807, 2.05) is 18.4 Å². The van der Waals surface area contributed by atoms with Gasteiger partial charge in [-0.15, -0.1) is 10.2 Å². The van der Waals surface area contributed by atoms with Crippen molar-refractivity contribution in [2.45, 2.75) is 38.3 Å². The van der Waals surface area contributed by atoms with Crippen molar-refractivity contribution in [1.82, 2.24) is 14.8 Å². The van der Waals surface area contributed by atoms with Crippen molar-refractivity contribution in [1.29, 1.82) is 0 Å². The van der Waals surface area contributed by atoms with Crippen molar-refractivity contribution < 1.29 is 18.0 Å². The molecule has 0 fully saturated rings. The van der Waals surface area contributed by atoms with Crippen LogP contribution in [-0.4, -0.2) is 26.4 Å². The van der Waals surface area contributed by atoms with E-state index in [4.69, 9.17) is 11.6 Å². The van der Waals surface area contributed by atoms with Crippen molar-refractivity contribution in [3.8, 4) is 0 Å². The molecule has 0 atom stereocenters. The predicted molar refractivity (Wildman–Crippen MR) is 120 cm³/mol. The maximum absolute atomic E-state index is 12.9. The van der Waals surface area contributed by atoms with Gasteiger partial charge in [0, 0.05) is 22.9 Å². The standard InChI is InChI=1S/C21H21ClF3N5OS/c1-3-30-18(11-26-15-7-4-6-14(10-15)21(23,24)25)28-29-20(30)32-12-19(31)27-17-9-5-8-16(22)13(17)2/h4-10,26H,3,11-12H2,1-2H3,(H,27,31). The molecule has 1 heterocycles. The third-order valence-electron chi connectivity index (χ3n) is 4.62. The van der Waals surface area contributed by atoms with Crippen molar-refractivity contribution in [3.63, 3.8) is 0 Å². The van der Waals surface area contributed by atoms with Gasteiger partial charge in [0.1, 0.15) is 0 Å². The Morgan fingerprint density at radius 2 is 1.94 bits per heavy atom. The van der Waals surface area contributed by atoms with Gasteiger partial charge in [0.25, 0.3) is 0 Å². The molecule has 11 heteroatoms. The average Bonchev–Trinajstić information content (AvgIpc) is 3.15. The SMILES string of the molecule is CCn1c(CNc2cccc(C(F)(F)F)c2)nnc1SCC(=O)Nc1cccc(Cl)c1C. The van der Waals surface area contributed by atoms with Crippen molar-refractivity contribution in [2.24, 2.45) is 0 Å². The number of nitrogens with one attached hydrogen (secondary N) is 2. The van der Waals surface area contributed by atoms with Crippen molar-refractivity contribution >= 4 is 40.6 Å². The molecule has 0 saturated carbocycles. The molecule has 3 aromatic rings. The smallest absolute Gasteiger partial charge is 0.378 e. The molecule has 2 N–H and O–H groups in total. The number of hydrogen-bond acceptors (Lipinski definition) is 5. The van der Waals surface area contributed by atoms with Gasteiger partial charge in [-0.3, -0.25) is 4.79 Å². The van der Waals surface area contributed by atoms with Crippen LogP contribution >= 0.6 is 23.4 Å². The minimum absolute atomic E-state index is 0.116. The van der Waals surface area contributed by atoms with Crippen LogP contribution in [0.3, 0.4) is 0 Å². The van der Waals surface area contributed by atoms with Gasteiger partial charge in [0.2, 0.25) is 5.91 Å². The molecule has 0 aliphatic carbocycles. The minimum atomic E-state index is -4.41. The summed E-state index contributed by atoms with van der Waals surface area (Å²) in [6.07, 6.45) is -4.41. The molecule has 1 amide bonds. The van der Waals surface area contributed by atoms with Gasteiger partial charge in [-0.1, -0.05) is 35.5 Å². The first-order chi connectivity index (χ1) is 15.2. The lowest BCUT2D eigenvalue weighted by Crippen LogP contribution is -2.15. The highest BCUT2D eigenvalue weighted by Gasteiger charge is 2.30. The number of anilines is 2. The second kappa shape index (κ2) is 10.3. The maximum atomic E-state index is 12.9. The first-order valence-electron chi connectivity index (χ1n) is 9.70. The molecular formula is C21H21ClF3N5OS. The van der Waals surface area contributed by atoms with E-state index < -0.39 is 11.7 Å². The lowest BCUT2D eigenvalue weighted by Gasteiger charge is -2.12. The summed E-state index contributed by atoms with van der Waals surface area (Å²) in [5, 5.41) is 15.1. The van der Waals surface area contributed by atoms with Crippen LogP contribution in [0.5, 0.6) is 0 Å². The zero-order valence-corrected chi connectivity index (χ0v) is 18.9.